The number of ether oxygens (including phenoxy) is 1. The van der Waals surface area contributed by atoms with Crippen LogP contribution in [0.2, 0.25) is 0 Å². The van der Waals surface area contributed by atoms with E-state index in [9.17, 15) is 22.4 Å². The van der Waals surface area contributed by atoms with Gasteiger partial charge in [-0.2, -0.15) is 12.7 Å². The quantitative estimate of drug-likeness (QED) is 0.689. The maximum atomic E-state index is 13.2. The lowest BCUT2D eigenvalue weighted by molar-refractivity contribution is -0.114. The summed E-state index contributed by atoms with van der Waals surface area (Å²) < 4.78 is 45.1. The average Bonchev–Trinajstić information content (AvgIpc) is 2.67. The zero-order valence-corrected chi connectivity index (χ0v) is 17.3. The van der Waals surface area contributed by atoms with Gasteiger partial charge < -0.3 is 10.1 Å². The molecule has 156 valence electrons. The van der Waals surface area contributed by atoms with Crippen LogP contribution in [0, 0.1) is 12.7 Å². The van der Waals surface area contributed by atoms with E-state index in [0.717, 1.165) is 20.7 Å². The van der Waals surface area contributed by atoms with Gasteiger partial charge in [0.2, 0.25) is 5.91 Å². The van der Waals surface area contributed by atoms with Crippen molar-refractivity contribution in [2.45, 2.75) is 6.92 Å². The van der Waals surface area contributed by atoms with E-state index in [1.807, 2.05) is 0 Å². The van der Waals surface area contributed by atoms with Crippen LogP contribution in [0.3, 0.4) is 0 Å². The number of carbonyl (C=O) groups is 2. The van der Waals surface area contributed by atoms with Crippen LogP contribution in [0.15, 0.2) is 42.5 Å². The number of hydrogen-bond acceptors (Lipinski definition) is 5. The molecule has 0 saturated carbocycles. The lowest BCUT2D eigenvalue weighted by atomic mass is 10.1. The first-order valence-electron chi connectivity index (χ1n) is 8.51. The number of nitrogens with one attached hydrogen (secondary N) is 1. The molecule has 2 rings (SSSR count). The second kappa shape index (κ2) is 9.01. The second-order valence-electron chi connectivity index (χ2n) is 6.29. The fourth-order valence-electron chi connectivity index (χ4n) is 2.53. The zero-order valence-electron chi connectivity index (χ0n) is 16.5. The summed E-state index contributed by atoms with van der Waals surface area (Å²) in [5.74, 6) is -1.72. The van der Waals surface area contributed by atoms with Crippen molar-refractivity contribution >= 4 is 33.5 Å². The lowest BCUT2D eigenvalue weighted by Crippen LogP contribution is -2.44. The largest absolute Gasteiger partial charge is 0.465 e. The minimum absolute atomic E-state index is 0.135. The average molecular weight is 423 g/mol. The van der Waals surface area contributed by atoms with E-state index < -0.39 is 34.4 Å². The maximum Gasteiger partial charge on any atom is 0.338 e. The molecule has 2 aromatic rings. The minimum Gasteiger partial charge on any atom is -0.465 e. The van der Waals surface area contributed by atoms with E-state index in [4.69, 9.17) is 4.74 Å². The highest BCUT2D eigenvalue weighted by molar-refractivity contribution is 7.90. The SMILES string of the molecule is COC(=O)c1cccc(NC(=O)CN(c2ccc(F)cc2)S(=O)(=O)N(C)C)c1C. The van der Waals surface area contributed by atoms with Crippen molar-refractivity contribution in [2.24, 2.45) is 0 Å². The molecule has 0 heterocycles. The summed E-state index contributed by atoms with van der Waals surface area (Å²) in [6.07, 6.45) is 0. The van der Waals surface area contributed by atoms with Crippen molar-refractivity contribution in [3.05, 3.63) is 59.4 Å². The van der Waals surface area contributed by atoms with Crippen molar-refractivity contribution in [3.8, 4) is 0 Å². The highest BCUT2D eigenvalue weighted by Crippen LogP contribution is 2.22. The van der Waals surface area contributed by atoms with Crippen molar-refractivity contribution in [1.29, 1.82) is 0 Å². The van der Waals surface area contributed by atoms with Gasteiger partial charge in [0, 0.05) is 19.8 Å². The summed E-state index contributed by atoms with van der Waals surface area (Å²) in [5, 5.41) is 2.61. The van der Waals surface area contributed by atoms with Gasteiger partial charge in [-0.25, -0.2) is 13.5 Å². The van der Waals surface area contributed by atoms with Gasteiger partial charge >= 0.3 is 16.2 Å². The number of rotatable bonds is 7. The molecule has 1 amide bonds. The highest BCUT2D eigenvalue weighted by atomic mass is 32.2. The molecular weight excluding hydrogens is 401 g/mol. The Hall–Kier alpha value is -2.98. The van der Waals surface area contributed by atoms with E-state index >= 15 is 0 Å². The number of anilines is 2. The normalized spacial score (nSPS) is 11.2. The summed E-state index contributed by atoms with van der Waals surface area (Å²) in [7, 11) is -0.115. The third-order valence-electron chi connectivity index (χ3n) is 4.15. The molecule has 0 bridgehead atoms. The first-order valence-corrected chi connectivity index (χ1v) is 9.91. The highest BCUT2D eigenvalue weighted by Gasteiger charge is 2.27. The molecule has 0 aliphatic carbocycles. The summed E-state index contributed by atoms with van der Waals surface area (Å²) in [4.78, 5) is 24.4. The monoisotopic (exact) mass is 423 g/mol. The number of methoxy groups -OCH3 is 1. The number of amides is 1. The van der Waals surface area contributed by atoms with Gasteiger partial charge in [0.25, 0.3) is 0 Å². The van der Waals surface area contributed by atoms with Crippen molar-refractivity contribution in [2.75, 3.05) is 37.4 Å². The van der Waals surface area contributed by atoms with Crippen molar-refractivity contribution in [3.63, 3.8) is 0 Å². The fourth-order valence-corrected chi connectivity index (χ4v) is 3.60. The molecule has 0 aliphatic heterocycles. The molecule has 0 fully saturated rings. The maximum absolute atomic E-state index is 13.2. The molecule has 0 aliphatic rings. The van der Waals surface area contributed by atoms with Gasteiger partial charge in [0.1, 0.15) is 12.4 Å². The van der Waals surface area contributed by atoms with Crippen LogP contribution in [0.25, 0.3) is 0 Å². The molecule has 0 atom stereocenters. The molecule has 2 aromatic carbocycles. The van der Waals surface area contributed by atoms with Gasteiger partial charge in [0.05, 0.1) is 18.4 Å². The Morgan fingerprint density at radius 1 is 1.10 bits per heavy atom. The number of esters is 1. The van der Waals surface area contributed by atoms with Crippen LogP contribution in [-0.4, -0.2) is 52.3 Å². The Bertz CT molecular complexity index is 1010. The summed E-state index contributed by atoms with van der Waals surface area (Å²) in [6, 6.07) is 9.47. The number of carbonyl (C=O) groups excluding carboxylic acids is 2. The van der Waals surface area contributed by atoms with E-state index in [1.54, 1.807) is 25.1 Å². The van der Waals surface area contributed by atoms with Crippen LogP contribution in [0.4, 0.5) is 15.8 Å². The molecule has 0 radical (unpaired) electrons. The predicted octanol–water partition coefficient (Wildman–Crippen LogP) is 2.17. The second-order valence-corrected chi connectivity index (χ2v) is 8.36. The minimum atomic E-state index is -4.02. The zero-order chi connectivity index (χ0) is 21.8. The molecular formula is C19H22FN3O5S. The number of nitrogens with zero attached hydrogens (tertiary/aromatic N) is 2. The summed E-state index contributed by atoms with van der Waals surface area (Å²) in [5.41, 5.74) is 1.24. The Morgan fingerprint density at radius 2 is 1.72 bits per heavy atom. The van der Waals surface area contributed by atoms with E-state index in [1.165, 1.54) is 33.3 Å². The smallest absolute Gasteiger partial charge is 0.338 e. The standard InChI is InChI=1S/C19H22FN3O5S/c1-13-16(19(25)28-4)6-5-7-17(13)21-18(24)12-23(29(26,27)22(2)3)15-10-8-14(20)9-11-15/h5-11H,12H2,1-4H3,(H,21,24). The van der Waals surface area contributed by atoms with Gasteiger partial charge in [-0.15, -0.1) is 0 Å². The van der Waals surface area contributed by atoms with Gasteiger partial charge in [-0.05, 0) is 48.9 Å². The fraction of sp³-hybridized carbons (Fsp3) is 0.263. The Morgan fingerprint density at radius 3 is 2.28 bits per heavy atom. The molecule has 0 unspecified atom stereocenters. The summed E-state index contributed by atoms with van der Waals surface area (Å²) in [6.45, 7) is 1.09. The van der Waals surface area contributed by atoms with Crippen LogP contribution < -0.4 is 9.62 Å². The predicted molar refractivity (Wildman–Crippen MR) is 108 cm³/mol. The van der Waals surface area contributed by atoms with Crippen molar-refractivity contribution < 1.29 is 27.1 Å². The third kappa shape index (κ3) is 5.09. The van der Waals surface area contributed by atoms with E-state index in [0.29, 0.717) is 11.3 Å². The Labute approximate surface area is 169 Å². The topological polar surface area (TPSA) is 96.0 Å². The van der Waals surface area contributed by atoms with Crippen molar-refractivity contribution in [1.82, 2.24) is 4.31 Å². The Balaban J connectivity index is 2.32. The van der Waals surface area contributed by atoms with Gasteiger partial charge in [-0.3, -0.25) is 4.79 Å². The lowest BCUT2D eigenvalue weighted by Gasteiger charge is -2.27. The molecule has 10 heteroatoms. The number of hydrogen-bond donors (Lipinski definition) is 1. The van der Waals surface area contributed by atoms with E-state index in [-0.39, 0.29) is 11.3 Å². The number of halogens is 1. The summed E-state index contributed by atoms with van der Waals surface area (Å²) >= 11 is 0. The van der Waals surface area contributed by atoms with Crippen LogP contribution in [0.5, 0.6) is 0 Å². The molecule has 0 aromatic heterocycles. The molecule has 0 spiro atoms. The molecule has 8 nitrogen and oxygen atoms in total. The van der Waals surface area contributed by atoms with Gasteiger partial charge in [-0.1, -0.05) is 6.07 Å². The molecule has 29 heavy (non-hydrogen) atoms. The molecule has 0 saturated heterocycles. The van der Waals surface area contributed by atoms with Crippen LogP contribution >= 0.6 is 0 Å². The van der Waals surface area contributed by atoms with Crippen LogP contribution in [-0.2, 0) is 19.7 Å². The first kappa shape index (κ1) is 22.3. The molecule has 1 N–H and O–H groups in total. The number of benzene rings is 2. The van der Waals surface area contributed by atoms with Gasteiger partial charge in [0.15, 0.2) is 0 Å². The van der Waals surface area contributed by atoms with E-state index in [2.05, 4.69) is 5.32 Å². The van der Waals surface area contributed by atoms with Crippen LogP contribution in [0.1, 0.15) is 15.9 Å². The third-order valence-corrected chi connectivity index (χ3v) is 5.97. The Kier molecular flexibility index (Phi) is 6.93. The first-order chi connectivity index (χ1) is 13.6.